The van der Waals surface area contributed by atoms with Gasteiger partial charge in [0.2, 0.25) is 0 Å². The molecular weight excluding hydrogens is 389 g/mol. The van der Waals surface area contributed by atoms with Crippen molar-refractivity contribution < 1.29 is 13.9 Å². The summed E-state index contributed by atoms with van der Waals surface area (Å²) in [5, 5.41) is 4.03. The molecule has 0 aliphatic rings. The van der Waals surface area contributed by atoms with Crippen LogP contribution in [0.5, 0.6) is 11.5 Å². The lowest BCUT2D eigenvalue weighted by Crippen LogP contribution is -2.17. The van der Waals surface area contributed by atoms with E-state index in [1.807, 2.05) is 61.5 Å². The second kappa shape index (κ2) is 10.8. The van der Waals surface area contributed by atoms with Crippen molar-refractivity contribution in [2.24, 2.45) is 0 Å². The molecule has 0 saturated heterocycles. The van der Waals surface area contributed by atoms with Crippen LogP contribution in [0.4, 0.5) is 4.39 Å². The van der Waals surface area contributed by atoms with Crippen LogP contribution in [0.15, 0.2) is 66.7 Å². The SMILES string of the molecule is CCOc1cc(CNCCc2ccccc2F)ccc1OCc1ccccc1Cl. The standard InChI is InChI=1S/C24H25ClFNO2/c1-2-28-24-15-18(16-27-14-13-19-7-4-6-10-22(19)26)11-12-23(24)29-17-20-8-3-5-9-21(20)25/h3-12,15,27H,2,13-14,16-17H2,1H3. The van der Waals surface area contributed by atoms with E-state index in [2.05, 4.69) is 5.32 Å². The van der Waals surface area contributed by atoms with Crippen molar-refractivity contribution >= 4 is 11.6 Å². The molecule has 0 unspecified atom stereocenters. The van der Waals surface area contributed by atoms with Gasteiger partial charge >= 0.3 is 0 Å². The van der Waals surface area contributed by atoms with Crippen molar-refractivity contribution in [3.8, 4) is 11.5 Å². The third-order valence-corrected chi connectivity index (χ3v) is 4.88. The zero-order valence-electron chi connectivity index (χ0n) is 16.5. The minimum Gasteiger partial charge on any atom is -0.490 e. The van der Waals surface area contributed by atoms with Crippen molar-refractivity contribution in [2.45, 2.75) is 26.5 Å². The van der Waals surface area contributed by atoms with E-state index in [-0.39, 0.29) is 5.82 Å². The topological polar surface area (TPSA) is 30.5 Å². The van der Waals surface area contributed by atoms with Crippen molar-refractivity contribution in [1.29, 1.82) is 0 Å². The summed E-state index contributed by atoms with van der Waals surface area (Å²) in [5.74, 6) is 1.22. The molecule has 3 nitrogen and oxygen atoms in total. The van der Waals surface area contributed by atoms with Gasteiger partial charge in [0.1, 0.15) is 12.4 Å². The highest BCUT2D eigenvalue weighted by Gasteiger charge is 2.08. The summed E-state index contributed by atoms with van der Waals surface area (Å²) >= 11 is 6.20. The van der Waals surface area contributed by atoms with Crippen molar-refractivity contribution in [3.05, 3.63) is 94.3 Å². The summed E-state index contributed by atoms with van der Waals surface area (Å²) in [6.45, 7) is 4.22. The number of hydrogen-bond donors (Lipinski definition) is 1. The molecule has 0 aromatic heterocycles. The number of rotatable bonds is 10. The minimum atomic E-state index is -0.159. The van der Waals surface area contributed by atoms with Gasteiger partial charge in [-0.3, -0.25) is 0 Å². The molecule has 152 valence electrons. The number of halogens is 2. The van der Waals surface area contributed by atoms with Gasteiger partial charge in [-0.1, -0.05) is 54.1 Å². The molecule has 29 heavy (non-hydrogen) atoms. The van der Waals surface area contributed by atoms with Crippen molar-refractivity contribution in [3.63, 3.8) is 0 Å². The summed E-state index contributed by atoms with van der Waals surface area (Å²) in [4.78, 5) is 0. The fourth-order valence-corrected chi connectivity index (χ4v) is 3.17. The molecule has 0 saturated carbocycles. The Kier molecular flexibility index (Phi) is 7.91. The molecule has 0 amide bonds. The van der Waals surface area contributed by atoms with Gasteiger partial charge in [0.05, 0.1) is 6.61 Å². The molecule has 0 bridgehead atoms. The third kappa shape index (κ3) is 6.21. The number of hydrogen-bond acceptors (Lipinski definition) is 3. The van der Waals surface area contributed by atoms with E-state index < -0.39 is 0 Å². The molecule has 0 fully saturated rings. The van der Waals surface area contributed by atoms with Gasteiger partial charge in [0, 0.05) is 17.1 Å². The smallest absolute Gasteiger partial charge is 0.161 e. The summed E-state index contributed by atoms with van der Waals surface area (Å²) in [5.41, 5.74) is 2.72. The van der Waals surface area contributed by atoms with Gasteiger partial charge in [0.25, 0.3) is 0 Å². The first-order chi connectivity index (χ1) is 14.2. The predicted octanol–water partition coefficient (Wildman–Crippen LogP) is 5.79. The molecule has 3 rings (SSSR count). The van der Waals surface area contributed by atoms with E-state index in [0.29, 0.717) is 49.2 Å². The lowest BCUT2D eigenvalue weighted by atomic mass is 10.1. The Bertz CT molecular complexity index is 932. The largest absolute Gasteiger partial charge is 0.490 e. The average molecular weight is 414 g/mol. The zero-order valence-corrected chi connectivity index (χ0v) is 17.2. The van der Waals surface area contributed by atoms with Crippen LogP contribution in [-0.4, -0.2) is 13.2 Å². The summed E-state index contributed by atoms with van der Waals surface area (Å²) in [6.07, 6.45) is 0.643. The predicted molar refractivity (Wildman–Crippen MR) is 115 cm³/mol. The lowest BCUT2D eigenvalue weighted by molar-refractivity contribution is 0.269. The van der Waals surface area contributed by atoms with Gasteiger partial charge < -0.3 is 14.8 Å². The molecule has 3 aromatic carbocycles. The van der Waals surface area contributed by atoms with Crippen LogP contribution in [0.2, 0.25) is 5.02 Å². The van der Waals surface area contributed by atoms with E-state index in [1.54, 1.807) is 6.07 Å². The minimum absolute atomic E-state index is 0.159. The van der Waals surface area contributed by atoms with Crippen LogP contribution in [0.1, 0.15) is 23.6 Å². The first-order valence-electron chi connectivity index (χ1n) is 9.73. The molecule has 0 heterocycles. The monoisotopic (exact) mass is 413 g/mol. The number of benzene rings is 3. The molecular formula is C24H25ClFNO2. The quantitative estimate of drug-likeness (QED) is 0.427. The first-order valence-corrected chi connectivity index (χ1v) is 10.1. The van der Waals surface area contributed by atoms with Crippen molar-refractivity contribution in [2.75, 3.05) is 13.2 Å². The van der Waals surface area contributed by atoms with Crippen LogP contribution in [-0.2, 0) is 19.6 Å². The second-order valence-electron chi connectivity index (χ2n) is 6.61. The lowest BCUT2D eigenvalue weighted by Gasteiger charge is -2.14. The Morgan fingerprint density at radius 2 is 1.66 bits per heavy atom. The van der Waals surface area contributed by atoms with Crippen LogP contribution >= 0.6 is 11.6 Å². The van der Waals surface area contributed by atoms with Crippen LogP contribution < -0.4 is 14.8 Å². The molecule has 1 N–H and O–H groups in total. The molecule has 5 heteroatoms. The maximum absolute atomic E-state index is 13.7. The maximum atomic E-state index is 13.7. The van der Waals surface area contributed by atoms with E-state index in [0.717, 1.165) is 16.7 Å². The van der Waals surface area contributed by atoms with E-state index >= 15 is 0 Å². The third-order valence-electron chi connectivity index (χ3n) is 4.51. The van der Waals surface area contributed by atoms with E-state index in [1.165, 1.54) is 6.07 Å². The Balaban J connectivity index is 1.57. The second-order valence-corrected chi connectivity index (χ2v) is 7.02. The Morgan fingerprint density at radius 1 is 0.897 bits per heavy atom. The molecule has 0 atom stereocenters. The summed E-state index contributed by atoms with van der Waals surface area (Å²) < 4.78 is 25.4. The Labute approximate surface area is 176 Å². The first kappa shape index (κ1) is 21.2. The van der Waals surface area contributed by atoms with Crippen LogP contribution in [0.3, 0.4) is 0 Å². The normalized spacial score (nSPS) is 10.7. The highest BCUT2D eigenvalue weighted by molar-refractivity contribution is 6.31. The van der Waals surface area contributed by atoms with Gasteiger partial charge in [-0.15, -0.1) is 0 Å². The number of ether oxygens (including phenoxy) is 2. The fourth-order valence-electron chi connectivity index (χ4n) is 2.98. The van der Waals surface area contributed by atoms with Gasteiger partial charge in [0.15, 0.2) is 11.5 Å². The Morgan fingerprint density at radius 3 is 2.41 bits per heavy atom. The maximum Gasteiger partial charge on any atom is 0.161 e. The molecule has 0 aliphatic carbocycles. The number of nitrogens with one attached hydrogen (secondary N) is 1. The average Bonchev–Trinajstić information content (AvgIpc) is 2.73. The van der Waals surface area contributed by atoms with Crippen LogP contribution in [0, 0.1) is 5.82 Å². The van der Waals surface area contributed by atoms with E-state index in [4.69, 9.17) is 21.1 Å². The van der Waals surface area contributed by atoms with E-state index in [9.17, 15) is 4.39 Å². The van der Waals surface area contributed by atoms with Gasteiger partial charge in [-0.25, -0.2) is 4.39 Å². The summed E-state index contributed by atoms with van der Waals surface area (Å²) in [6, 6.07) is 20.4. The molecule has 3 aromatic rings. The Hall–Kier alpha value is -2.56. The van der Waals surface area contributed by atoms with Gasteiger partial charge in [-0.2, -0.15) is 0 Å². The molecule has 0 radical (unpaired) electrons. The van der Waals surface area contributed by atoms with Gasteiger partial charge in [-0.05, 0) is 55.3 Å². The highest BCUT2D eigenvalue weighted by atomic mass is 35.5. The highest BCUT2D eigenvalue weighted by Crippen LogP contribution is 2.30. The molecule has 0 spiro atoms. The molecule has 0 aliphatic heterocycles. The zero-order chi connectivity index (χ0) is 20.5. The van der Waals surface area contributed by atoms with Crippen LogP contribution in [0.25, 0.3) is 0 Å². The van der Waals surface area contributed by atoms with Crippen molar-refractivity contribution in [1.82, 2.24) is 5.32 Å². The summed E-state index contributed by atoms with van der Waals surface area (Å²) in [7, 11) is 0. The fraction of sp³-hybridized carbons (Fsp3) is 0.250.